The average molecular weight is 332 g/mol. The third-order valence-corrected chi connectivity index (χ3v) is 7.30. The highest BCUT2D eigenvalue weighted by Gasteiger charge is 2.38. The Labute approximate surface area is 131 Å². The summed E-state index contributed by atoms with van der Waals surface area (Å²) in [6.07, 6.45) is 2.22. The van der Waals surface area contributed by atoms with Gasteiger partial charge >= 0.3 is 0 Å². The first-order valence-corrected chi connectivity index (χ1v) is 9.47. The second kappa shape index (κ2) is 6.75. The van der Waals surface area contributed by atoms with E-state index in [1.165, 1.54) is 11.3 Å². The van der Waals surface area contributed by atoms with E-state index in [-0.39, 0.29) is 6.04 Å². The average Bonchev–Trinajstić information content (AvgIpc) is 3.21. The lowest BCUT2D eigenvalue weighted by Gasteiger charge is -2.28. The summed E-state index contributed by atoms with van der Waals surface area (Å²) >= 11 is 1.46. The van der Waals surface area contributed by atoms with Crippen molar-refractivity contribution in [2.24, 2.45) is 11.7 Å². The summed E-state index contributed by atoms with van der Waals surface area (Å²) < 4.78 is 32.7. The van der Waals surface area contributed by atoms with Gasteiger partial charge in [0.1, 0.15) is 0 Å². The van der Waals surface area contributed by atoms with Crippen LogP contribution in [0, 0.1) is 12.8 Å². The maximum Gasteiger partial charge on any atom is 0.244 e. The molecule has 21 heavy (non-hydrogen) atoms. The van der Waals surface area contributed by atoms with Gasteiger partial charge in [0.25, 0.3) is 0 Å². The SMILES string of the molecule is COCCN(C(C)C1CC1)S(=O)(=O)c1cc(CN)sc1C. The van der Waals surface area contributed by atoms with Crippen LogP contribution in [0.25, 0.3) is 0 Å². The molecule has 2 N–H and O–H groups in total. The van der Waals surface area contributed by atoms with Crippen LogP contribution >= 0.6 is 11.3 Å². The number of rotatable bonds is 8. The van der Waals surface area contributed by atoms with Crippen molar-refractivity contribution >= 4 is 21.4 Å². The van der Waals surface area contributed by atoms with Crippen molar-refractivity contribution in [3.8, 4) is 0 Å². The van der Waals surface area contributed by atoms with Gasteiger partial charge in [0.15, 0.2) is 0 Å². The van der Waals surface area contributed by atoms with Crippen molar-refractivity contribution in [1.82, 2.24) is 4.31 Å². The van der Waals surface area contributed by atoms with Gasteiger partial charge in [0, 0.05) is 36.0 Å². The summed E-state index contributed by atoms with van der Waals surface area (Å²) in [4.78, 5) is 2.11. The molecule has 1 aromatic heterocycles. The van der Waals surface area contributed by atoms with Gasteiger partial charge in [-0.3, -0.25) is 0 Å². The van der Waals surface area contributed by atoms with Crippen molar-refractivity contribution in [2.75, 3.05) is 20.3 Å². The molecule has 1 saturated carbocycles. The lowest BCUT2D eigenvalue weighted by atomic mass is 10.2. The minimum Gasteiger partial charge on any atom is -0.383 e. The quantitative estimate of drug-likeness (QED) is 0.790. The standard InChI is InChI=1S/C14H24N2O3S2/c1-10(12-4-5-12)16(6-7-19-3)21(17,18)14-8-13(9-15)20-11(14)2/h8,10,12H,4-7,9,15H2,1-3H3. The van der Waals surface area contributed by atoms with E-state index in [0.717, 1.165) is 22.6 Å². The molecule has 0 amide bonds. The highest BCUT2D eigenvalue weighted by atomic mass is 32.2. The van der Waals surface area contributed by atoms with Gasteiger partial charge in [0.05, 0.1) is 11.5 Å². The predicted octanol–water partition coefficient (Wildman–Crippen LogP) is 1.95. The Balaban J connectivity index is 2.32. The first-order valence-electron chi connectivity index (χ1n) is 7.22. The van der Waals surface area contributed by atoms with E-state index < -0.39 is 10.0 Å². The van der Waals surface area contributed by atoms with E-state index in [4.69, 9.17) is 10.5 Å². The number of nitrogens with zero attached hydrogens (tertiary/aromatic N) is 1. The molecule has 1 atom stereocenters. The number of thiophene rings is 1. The van der Waals surface area contributed by atoms with E-state index in [2.05, 4.69) is 0 Å². The van der Waals surface area contributed by atoms with Crippen LogP contribution in [0.3, 0.4) is 0 Å². The number of methoxy groups -OCH3 is 1. The van der Waals surface area contributed by atoms with Crippen LogP contribution in [0.1, 0.15) is 29.5 Å². The molecule has 7 heteroatoms. The summed E-state index contributed by atoms with van der Waals surface area (Å²) in [7, 11) is -1.90. The number of sulfonamides is 1. The summed E-state index contributed by atoms with van der Waals surface area (Å²) in [6.45, 7) is 5.01. The molecule has 1 aliphatic carbocycles. The number of hydrogen-bond donors (Lipinski definition) is 1. The Bertz CT molecular complexity index is 579. The van der Waals surface area contributed by atoms with Crippen LogP contribution in [-0.2, 0) is 21.3 Å². The third-order valence-electron chi connectivity index (χ3n) is 3.99. The summed E-state index contributed by atoms with van der Waals surface area (Å²) in [5.74, 6) is 0.476. The van der Waals surface area contributed by atoms with Gasteiger partial charge in [-0.25, -0.2) is 8.42 Å². The minimum atomic E-state index is -3.49. The normalized spacial score (nSPS) is 17.4. The molecule has 0 aromatic carbocycles. The van der Waals surface area contributed by atoms with E-state index in [1.54, 1.807) is 17.5 Å². The molecule has 0 radical (unpaired) electrons. The van der Waals surface area contributed by atoms with Crippen LogP contribution in [-0.4, -0.2) is 39.0 Å². The maximum atomic E-state index is 13.0. The largest absolute Gasteiger partial charge is 0.383 e. The first kappa shape index (κ1) is 16.9. The van der Waals surface area contributed by atoms with Gasteiger partial charge < -0.3 is 10.5 Å². The van der Waals surface area contributed by atoms with Gasteiger partial charge in [-0.15, -0.1) is 11.3 Å². The Morgan fingerprint density at radius 2 is 2.19 bits per heavy atom. The second-order valence-corrected chi connectivity index (χ2v) is 8.72. The van der Waals surface area contributed by atoms with Crippen LogP contribution in [0.5, 0.6) is 0 Å². The lowest BCUT2D eigenvalue weighted by molar-refractivity contribution is 0.164. The molecule has 5 nitrogen and oxygen atoms in total. The van der Waals surface area contributed by atoms with E-state index in [0.29, 0.717) is 30.5 Å². The van der Waals surface area contributed by atoms with Crippen molar-refractivity contribution < 1.29 is 13.2 Å². The van der Waals surface area contributed by atoms with Gasteiger partial charge in [-0.2, -0.15) is 4.31 Å². The number of hydrogen-bond acceptors (Lipinski definition) is 5. The molecule has 1 fully saturated rings. The fraction of sp³-hybridized carbons (Fsp3) is 0.714. The minimum absolute atomic E-state index is 0.0192. The van der Waals surface area contributed by atoms with Crippen LogP contribution in [0.15, 0.2) is 11.0 Å². The molecule has 1 heterocycles. The predicted molar refractivity (Wildman–Crippen MR) is 84.9 cm³/mol. The highest BCUT2D eigenvalue weighted by molar-refractivity contribution is 7.89. The first-order chi connectivity index (χ1) is 9.91. The number of nitrogens with two attached hydrogens (primary N) is 1. The molecule has 1 unspecified atom stereocenters. The molecule has 0 aliphatic heterocycles. The molecule has 1 aromatic rings. The zero-order valence-electron chi connectivity index (χ0n) is 12.8. The molecule has 0 bridgehead atoms. The Morgan fingerprint density at radius 3 is 2.67 bits per heavy atom. The summed E-state index contributed by atoms with van der Waals surface area (Å²) in [5, 5.41) is 0. The lowest BCUT2D eigenvalue weighted by Crippen LogP contribution is -2.41. The maximum absolute atomic E-state index is 13.0. The molecule has 2 rings (SSSR count). The molecule has 0 spiro atoms. The van der Waals surface area contributed by atoms with Crippen LogP contribution in [0.4, 0.5) is 0 Å². The van der Waals surface area contributed by atoms with Gasteiger partial charge in [0.2, 0.25) is 10.0 Å². The Morgan fingerprint density at radius 1 is 1.52 bits per heavy atom. The number of ether oxygens (including phenoxy) is 1. The zero-order valence-corrected chi connectivity index (χ0v) is 14.5. The zero-order chi connectivity index (χ0) is 15.6. The smallest absolute Gasteiger partial charge is 0.244 e. The monoisotopic (exact) mass is 332 g/mol. The summed E-state index contributed by atoms with van der Waals surface area (Å²) in [5.41, 5.74) is 5.63. The van der Waals surface area contributed by atoms with Crippen molar-refractivity contribution in [3.05, 3.63) is 15.8 Å². The van der Waals surface area contributed by atoms with Gasteiger partial charge in [-0.05, 0) is 38.7 Å². The molecular formula is C14H24N2O3S2. The molecular weight excluding hydrogens is 308 g/mol. The van der Waals surface area contributed by atoms with Crippen molar-refractivity contribution in [1.29, 1.82) is 0 Å². The van der Waals surface area contributed by atoms with Crippen LogP contribution < -0.4 is 5.73 Å². The molecule has 120 valence electrons. The Kier molecular flexibility index (Phi) is 5.43. The molecule has 0 saturated heterocycles. The highest BCUT2D eigenvalue weighted by Crippen LogP contribution is 2.38. The van der Waals surface area contributed by atoms with Crippen LogP contribution in [0.2, 0.25) is 0 Å². The number of aryl methyl sites for hydroxylation is 1. The second-order valence-electron chi connectivity index (χ2n) is 5.52. The van der Waals surface area contributed by atoms with Crippen molar-refractivity contribution in [3.63, 3.8) is 0 Å². The van der Waals surface area contributed by atoms with E-state index in [1.807, 2.05) is 13.8 Å². The van der Waals surface area contributed by atoms with Gasteiger partial charge in [-0.1, -0.05) is 0 Å². The van der Waals surface area contributed by atoms with E-state index >= 15 is 0 Å². The molecule has 1 aliphatic rings. The Hall–Kier alpha value is -0.470. The summed E-state index contributed by atoms with van der Waals surface area (Å²) in [6, 6.07) is 1.74. The van der Waals surface area contributed by atoms with Crippen molar-refractivity contribution in [2.45, 2.75) is 44.2 Å². The topological polar surface area (TPSA) is 72.6 Å². The third kappa shape index (κ3) is 3.65. The fourth-order valence-corrected chi connectivity index (χ4v) is 5.71. The van der Waals surface area contributed by atoms with E-state index in [9.17, 15) is 8.42 Å². The fourth-order valence-electron chi connectivity index (χ4n) is 2.54.